The van der Waals surface area contributed by atoms with E-state index in [2.05, 4.69) is 48.3 Å². The van der Waals surface area contributed by atoms with Gasteiger partial charge in [-0.3, -0.25) is 0 Å². The minimum absolute atomic E-state index is 0.563. The predicted molar refractivity (Wildman–Crippen MR) is 91.3 cm³/mol. The number of hydrogen-bond acceptors (Lipinski definition) is 1. The van der Waals surface area contributed by atoms with Crippen LogP contribution in [-0.4, -0.2) is 22.6 Å². The number of aryl methyl sites for hydroxylation is 1. The highest BCUT2D eigenvalue weighted by atomic mass is 32.1. The third-order valence-corrected chi connectivity index (χ3v) is 4.42. The Labute approximate surface area is 128 Å². The number of nitrogens with one attached hydrogen (secondary N) is 1. The number of hydrogen-bond donors (Lipinski definition) is 1. The summed E-state index contributed by atoms with van der Waals surface area (Å²) in [6, 6.07) is 9.27. The van der Waals surface area contributed by atoms with Crippen LogP contribution in [0.2, 0.25) is 0 Å². The van der Waals surface area contributed by atoms with E-state index < -0.39 is 0 Å². The fraction of sp³-hybridized carbons (Fsp3) is 0.588. The smallest absolute Gasteiger partial charge is 0.173 e. The summed E-state index contributed by atoms with van der Waals surface area (Å²) in [5.41, 5.74) is 2.52. The molecule has 1 aromatic carbocycles. The second-order valence-electron chi connectivity index (χ2n) is 5.77. The van der Waals surface area contributed by atoms with E-state index >= 15 is 0 Å². The van der Waals surface area contributed by atoms with Gasteiger partial charge in [-0.2, -0.15) is 0 Å². The van der Waals surface area contributed by atoms with E-state index in [1.807, 2.05) is 0 Å². The quantitative estimate of drug-likeness (QED) is 0.816. The first-order chi connectivity index (χ1) is 9.70. The SMILES string of the molecule is CCCCc1ccc(NC(=S)N2CCCCC2C)cc1. The molecule has 2 rings (SSSR count). The number of nitrogens with zero attached hydrogens (tertiary/aromatic N) is 1. The van der Waals surface area contributed by atoms with Crippen molar-refractivity contribution in [3.05, 3.63) is 29.8 Å². The van der Waals surface area contributed by atoms with Crippen LogP contribution in [0.25, 0.3) is 0 Å². The van der Waals surface area contributed by atoms with Gasteiger partial charge < -0.3 is 10.2 Å². The lowest BCUT2D eigenvalue weighted by Crippen LogP contribution is -2.44. The maximum Gasteiger partial charge on any atom is 0.173 e. The van der Waals surface area contributed by atoms with Gasteiger partial charge in [0, 0.05) is 18.3 Å². The predicted octanol–water partition coefficient (Wildman–Crippen LogP) is 4.60. The highest BCUT2D eigenvalue weighted by Crippen LogP contribution is 2.19. The zero-order chi connectivity index (χ0) is 14.4. The van der Waals surface area contributed by atoms with E-state index in [4.69, 9.17) is 12.2 Å². The highest BCUT2D eigenvalue weighted by molar-refractivity contribution is 7.80. The standard InChI is InChI=1S/C17H26N2S/c1-3-4-8-15-9-11-16(12-10-15)18-17(20)19-13-6-5-7-14(19)2/h9-12,14H,3-8,13H2,1-2H3,(H,18,20). The van der Waals surface area contributed by atoms with Crippen LogP contribution >= 0.6 is 12.2 Å². The van der Waals surface area contributed by atoms with Gasteiger partial charge in [0.15, 0.2) is 5.11 Å². The largest absolute Gasteiger partial charge is 0.346 e. The second kappa shape index (κ2) is 7.63. The Morgan fingerprint density at radius 2 is 2.05 bits per heavy atom. The van der Waals surface area contributed by atoms with Gasteiger partial charge in [-0.1, -0.05) is 25.5 Å². The minimum Gasteiger partial charge on any atom is -0.346 e. The molecule has 0 bridgehead atoms. The maximum atomic E-state index is 5.55. The van der Waals surface area contributed by atoms with E-state index in [1.54, 1.807) is 0 Å². The molecule has 1 unspecified atom stereocenters. The zero-order valence-electron chi connectivity index (χ0n) is 12.7. The number of likely N-dealkylation sites (tertiary alicyclic amines) is 1. The van der Waals surface area contributed by atoms with E-state index in [0.29, 0.717) is 6.04 Å². The molecule has 3 heteroatoms. The summed E-state index contributed by atoms with van der Waals surface area (Å²) >= 11 is 5.55. The van der Waals surface area contributed by atoms with Gasteiger partial charge >= 0.3 is 0 Å². The Balaban J connectivity index is 1.90. The molecule has 0 amide bonds. The van der Waals surface area contributed by atoms with Crippen LogP contribution < -0.4 is 5.32 Å². The molecule has 1 aliphatic heterocycles. The molecule has 0 aliphatic carbocycles. The molecular weight excluding hydrogens is 264 g/mol. The van der Waals surface area contributed by atoms with Crippen molar-refractivity contribution < 1.29 is 0 Å². The number of piperidine rings is 1. The van der Waals surface area contributed by atoms with E-state index in [-0.39, 0.29) is 0 Å². The first-order valence-corrected chi connectivity index (χ1v) is 8.28. The molecule has 1 N–H and O–H groups in total. The fourth-order valence-corrected chi connectivity index (χ4v) is 3.12. The minimum atomic E-state index is 0.563. The number of benzene rings is 1. The first-order valence-electron chi connectivity index (χ1n) is 7.87. The lowest BCUT2D eigenvalue weighted by molar-refractivity contribution is 0.262. The van der Waals surface area contributed by atoms with Crippen LogP contribution in [0.4, 0.5) is 5.69 Å². The summed E-state index contributed by atoms with van der Waals surface area (Å²) < 4.78 is 0. The molecule has 1 aromatic rings. The Morgan fingerprint density at radius 3 is 2.70 bits per heavy atom. The van der Waals surface area contributed by atoms with Crippen LogP contribution in [0.1, 0.15) is 51.5 Å². The number of anilines is 1. The van der Waals surface area contributed by atoms with Crippen LogP contribution in [0, 0.1) is 0 Å². The van der Waals surface area contributed by atoms with E-state index in [9.17, 15) is 0 Å². The van der Waals surface area contributed by atoms with Gasteiger partial charge in [-0.25, -0.2) is 0 Å². The Bertz CT molecular complexity index is 427. The molecular formula is C17H26N2S. The summed E-state index contributed by atoms with van der Waals surface area (Å²) in [7, 11) is 0. The van der Waals surface area contributed by atoms with Crippen molar-refractivity contribution in [1.29, 1.82) is 0 Å². The molecule has 0 spiro atoms. The molecule has 0 radical (unpaired) electrons. The molecule has 1 saturated heterocycles. The number of thiocarbonyl (C=S) groups is 1. The molecule has 1 aliphatic rings. The molecule has 1 atom stereocenters. The highest BCUT2D eigenvalue weighted by Gasteiger charge is 2.20. The molecule has 2 nitrogen and oxygen atoms in total. The summed E-state index contributed by atoms with van der Waals surface area (Å²) in [5, 5.41) is 4.26. The topological polar surface area (TPSA) is 15.3 Å². The van der Waals surface area contributed by atoms with Crippen molar-refractivity contribution in [3.63, 3.8) is 0 Å². The van der Waals surface area contributed by atoms with Crippen LogP contribution in [-0.2, 0) is 6.42 Å². The Kier molecular flexibility index (Phi) is 5.84. The molecule has 20 heavy (non-hydrogen) atoms. The number of rotatable bonds is 4. The summed E-state index contributed by atoms with van der Waals surface area (Å²) in [5.74, 6) is 0. The average Bonchev–Trinajstić information content (AvgIpc) is 2.47. The van der Waals surface area contributed by atoms with E-state index in [1.165, 1.54) is 44.1 Å². The van der Waals surface area contributed by atoms with Gasteiger partial charge in [0.25, 0.3) is 0 Å². The second-order valence-corrected chi connectivity index (χ2v) is 6.16. The molecule has 0 saturated carbocycles. The Morgan fingerprint density at radius 1 is 1.30 bits per heavy atom. The van der Waals surface area contributed by atoms with Crippen LogP contribution in [0.3, 0.4) is 0 Å². The number of unbranched alkanes of at least 4 members (excludes halogenated alkanes) is 1. The fourth-order valence-electron chi connectivity index (χ4n) is 2.73. The summed E-state index contributed by atoms with van der Waals surface area (Å²) in [4.78, 5) is 2.32. The van der Waals surface area contributed by atoms with Crippen LogP contribution in [0.5, 0.6) is 0 Å². The average molecular weight is 290 g/mol. The third-order valence-electron chi connectivity index (χ3n) is 4.09. The van der Waals surface area contributed by atoms with Crippen molar-refractivity contribution >= 4 is 23.0 Å². The zero-order valence-corrected chi connectivity index (χ0v) is 13.5. The van der Waals surface area contributed by atoms with Crippen LogP contribution in [0.15, 0.2) is 24.3 Å². The molecule has 1 fully saturated rings. The normalized spacial score (nSPS) is 18.9. The van der Waals surface area contributed by atoms with Gasteiger partial charge in [-0.15, -0.1) is 0 Å². The maximum absolute atomic E-state index is 5.55. The third kappa shape index (κ3) is 4.20. The lowest BCUT2D eigenvalue weighted by atomic mass is 10.0. The van der Waals surface area contributed by atoms with Gasteiger partial charge in [-0.05, 0) is 68.9 Å². The van der Waals surface area contributed by atoms with Gasteiger partial charge in [0.05, 0.1) is 0 Å². The van der Waals surface area contributed by atoms with Gasteiger partial charge in [0.1, 0.15) is 0 Å². The summed E-state index contributed by atoms with van der Waals surface area (Å²) in [6.45, 7) is 5.58. The lowest BCUT2D eigenvalue weighted by Gasteiger charge is -2.35. The summed E-state index contributed by atoms with van der Waals surface area (Å²) in [6.07, 6.45) is 7.50. The molecule has 0 aromatic heterocycles. The molecule has 110 valence electrons. The van der Waals surface area contributed by atoms with Crippen molar-refractivity contribution in [1.82, 2.24) is 4.90 Å². The first kappa shape index (κ1) is 15.3. The monoisotopic (exact) mass is 290 g/mol. The van der Waals surface area contributed by atoms with Crippen molar-refractivity contribution in [3.8, 4) is 0 Å². The van der Waals surface area contributed by atoms with Crippen molar-refractivity contribution in [2.75, 3.05) is 11.9 Å². The van der Waals surface area contributed by atoms with Crippen molar-refractivity contribution in [2.24, 2.45) is 0 Å². The van der Waals surface area contributed by atoms with Gasteiger partial charge in [0.2, 0.25) is 0 Å². The van der Waals surface area contributed by atoms with Crippen molar-refractivity contribution in [2.45, 2.75) is 58.4 Å². The Hall–Kier alpha value is -1.09. The molecule has 1 heterocycles. The van der Waals surface area contributed by atoms with E-state index in [0.717, 1.165) is 17.3 Å².